The van der Waals surface area contributed by atoms with Crippen molar-refractivity contribution in [2.45, 2.75) is 18.4 Å². The largest absolute Gasteiger partial charge is 0.497 e. The summed E-state index contributed by atoms with van der Waals surface area (Å²) in [6.07, 6.45) is 2.14. The van der Waals surface area contributed by atoms with E-state index in [-0.39, 0.29) is 11.4 Å². The number of morpholine rings is 1. The van der Waals surface area contributed by atoms with Gasteiger partial charge in [-0.25, -0.2) is 0 Å². The summed E-state index contributed by atoms with van der Waals surface area (Å²) in [5.74, 6) is 0.667. The number of piperidine rings is 1. The standard InChI is InChI=1S/C19H29N3O3/c1-21-8-6-19(7-9-21,22-10-12-25-13-11-22)15-20-18(23)16-4-3-5-17(14-16)24-2/h3-5,14H,6-13,15H2,1-2H3,(H,20,23). The van der Waals surface area contributed by atoms with Crippen LogP contribution in [0.2, 0.25) is 0 Å². The molecule has 2 fully saturated rings. The van der Waals surface area contributed by atoms with Crippen molar-refractivity contribution < 1.29 is 14.3 Å². The molecule has 2 aliphatic heterocycles. The van der Waals surface area contributed by atoms with Gasteiger partial charge in [-0.15, -0.1) is 0 Å². The molecule has 2 aliphatic rings. The third-order valence-corrected chi connectivity index (χ3v) is 5.51. The number of likely N-dealkylation sites (tertiary alicyclic amines) is 1. The zero-order valence-electron chi connectivity index (χ0n) is 15.3. The smallest absolute Gasteiger partial charge is 0.251 e. The van der Waals surface area contributed by atoms with Gasteiger partial charge in [0, 0.05) is 30.7 Å². The van der Waals surface area contributed by atoms with E-state index in [0.717, 1.165) is 52.2 Å². The lowest BCUT2D eigenvalue weighted by Gasteiger charge is -2.49. The van der Waals surface area contributed by atoms with E-state index >= 15 is 0 Å². The molecule has 0 bridgehead atoms. The predicted octanol–water partition coefficient (Wildman–Crippen LogP) is 1.22. The average Bonchev–Trinajstić information content (AvgIpc) is 2.68. The van der Waals surface area contributed by atoms with Gasteiger partial charge in [-0.05, 0) is 51.2 Å². The molecule has 0 aromatic heterocycles. The zero-order chi connectivity index (χ0) is 17.7. The predicted molar refractivity (Wildman–Crippen MR) is 97.2 cm³/mol. The zero-order valence-corrected chi connectivity index (χ0v) is 15.3. The van der Waals surface area contributed by atoms with Gasteiger partial charge in [0.25, 0.3) is 5.91 Å². The monoisotopic (exact) mass is 347 g/mol. The molecule has 1 amide bonds. The van der Waals surface area contributed by atoms with Gasteiger partial charge in [-0.2, -0.15) is 0 Å². The lowest BCUT2D eigenvalue weighted by atomic mass is 9.85. The summed E-state index contributed by atoms with van der Waals surface area (Å²) >= 11 is 0. The maximum atomic E-state index is 12.6. The van der Waals surface area contributed by atoms with E-state index in [2.05, 4.69) is 22.2 Å². The minimum absolute atomic E-state index is 0.0326. The molecule has 6 nitrogen and oxygen atoms in total. The van der Waals surface area contributed by atoms with Gasteiger partial charge >= 0.3 is 0 Å². The van der Waals surface area contributed by atoms with Crippen LogP contribution in [0.25, 0.3) is 0 Å². The molecule has 1 aromatic rings. The molecular formula is C19H29N3O3. The molecule has 0 atom stereocenters. The van der Waals surface area contributed by atoms with Crippen LogP contribution >= 0.6 is 0 Å². The van der Waals surface area contributed by atoms with E-state index in [4.69, 9.17) is 9.47 Å². The van der Waals surface area contributed by atoms with Crippen molar-refractivity contribution >= 4 is 5.91 Å². The van der Waals surface area contributed by atoms with Crippen molar-refractivity contribution in [1.29, 1.82) is 0 Å². The molecular weight excluding hydrogens is 318 g/mol. The molecule has 1 N–H and O–H groups in total. The van der Waals surface area contributed by atoms with Crippen molar-refractivity contribution in [2.75, 3.05) is 60.1 Å². The fourth-order valence-corrected chi connectivity index (χ4v) is 3.79. The Morgan fingerprint density at radius 3 is 2.64 bits per heavy atom. The van der Waals surface area contributed by atoms with Gasteiger partial charge in [0.15, 0.2) is 0 Å². The summed E-state index contributed by atoms with van der Waals surface area (Å²) in [5, 5.41) is 3.18. The first-order chi connectivity index (χ1) is 12.1. The third kappa shape index (κ3) is 4.32. The number of ether oxygens (including phenoxy) is 2. The lowest BCUT2D eigenvalue weighted by Crippen LogP contribution is -2.62. The normalized spacial score (nSPS) is 21.7. The quantitative estimate of drug-likeness (QED) is 0.868. The molecule has 0 radical (unpaired) electrons. The Morgan fingerprint density at radius 2 is 1.96 bits per heavy atom. The first kappa shape index (κ1) is 18.2. The number of amides is 1. The Bertz CT molecular complexity index is 579. The van der Waals surface area contributed by atoms with Crippen LogP contribution in [0.15, 0.2) is 24.3 Å². The lowest BCUT2D eigenvalue weighted by molar-refractivity contribution is -0.0439. The second kappa shape index (κ2) is 8.17. The van der Waals surface area contributed by atoms with Crippen molar-refractivity contribution in [3.05, 3.63) is 29.8 Å². The highest BCUT2D eigenvalue weighted by molar-refractivity contribution is 5.94. The third-order valence-electron chi connectivity index (χ3n) is 5.51. The van der Waals surface area contributed by atoms with Gasteiger partial charge in [-0.1, -0.05) is 6.07 Å². The highest BCUT2D eigenvalue weighted by Gasteiger charge is 2.40. The van der Waals surface area contributed by atoms with Gasteiger partial charge in [0.05, 0.1) is 20.3 Å². The Balaban J connectivity index is 1.68. The fraction of sp³-hybridized carbons (Fsp3) is 0.632. The van der Waals surface area contributed by atoms with E-state index in [1.165, 1.54) is 0 Å². The molecule has 2 heterocycles. The molecule has 0 saturated carbocycles. The van der Waals surface area contributed by atoms with Crippen molar-refractivity contribution in [1.82, 2.24) is 15.1 Å². The van der Waals surface area contributed by atoms with Crippen LogP contribution in [-0.2, 0) is 4.74 Å². The minimum Gasteiger partial charge on any atom is -0.497 e. The molecule has 6 heteroatoms. The number of carbonyl (C=O) groups excluding carboxylic acids is 1. The number of nitrogens with one attached hydrogen (secondary N) is 1. The maximum absolute atomic E-state index is 12.6. The van der Waals surface area contributed by atoms with Crippen LogP contribution in [0.5, 0.6) is 5.75 Å². The molecule has 2 saturated heterocycles. The van der Waals surface area contributed by atoms with E-state index in [9.17, 15) is 4.79 Å². The van der Waals surface area contributed by atoms with Crippen LogP contribution in [0.3, 0.4) is 0 Å². The van der Waals surface area contributed by atoms with E-state index in [0.29, 0.717) is 17.9 Å². The average molecular weight is 347 g/mol. The summed E-state index contributed by atoms with van der Waals surface area (Å²) in [4.78, 5) is 17.5. The second-order valence-electron chi connectivity index (χ2n) is 7.04. The van der Waals surface area contributed by atoms with Gasteiger partial charge < -0.3 is 19.7 Å². The van der Waals surface area contributed by atoms with Crippen LogP contribution < -0.4 is 10.1 Å². The number of nitrogens with zero attached hydrogens (tertiary/aromatic N) is 2. The van der Waals surface area contributed by atoms with E-state index < -0.39 is 0 Å². The fourth-order valence-electron chi connectivity index (χ4n) is 3.79. The number of benzene rings is 1. The number of carbonyl (C=O) groups is 1. The second-order valence-corrected chi connectivity index (χ2v) is 7.04. The van der Waals surface area contributed by atoms with Crippen LogP contribution in [0.1, 0.15) is 23.2 Å². The summed E-state index contributed by atoms with van der Waals surface area (Å²) in [5.41, 5.74) is 0.676. The SMILES string of the molecule is COc1cccc(C(=O)NCC2(N3CCOCC3)CCN(C)CC2)c1. The highest BCUT2D eigenvalue weighted by atomic mass is 16.5. The Morgan fingerprint density at radius 1 is 1.24 bits per heavy atom. The molecule has 3 rings (SSSR count). The number of methoxy groups -OCH3 is 1. The first-order valence-electron chi connectivity index (χ1n) is 9.07. The minimum atomic E-state index is -0.0366. The Labute approximate surface area is 150 Å². The number of hydrogen-bond donors (Lipinski definition) is 1. The van der Waals surface area contributed by atoms with Gasteiger partial charge in [0.2, 0.25) is 0 Å². The molecule has 0 unspecified atom stereocenters. The molecule has 0 aliphatic carbocycles. The Hall–Kier alpha value is -1.63. The van der Waals surface area contributed by atoms with Gasteiger partial charge in [-0.3, -0.25) is 9.69 Å². The summed E-state index contributed by atoms with van der Waals surface area (Å²) in [6.45, 7) is 6.25. The van der Waals surface area contributed by atoms with Crippen molar-refractivity contribution in [2.24, 2.45) is 0 Å². The first-order valence-corrected chi connectivity index (χ1v) is 9.07. The van der Waals surface area contributed by atoms with Gasteiger partial charge in [0.1, 0.15) is 5.75 Å². The van der Waals surface area contributed by atoms with Crippen molar-refractivity contribution in [3.63, 3.8) is 0 Å². The summed E-state index contributed by atoms with van der Waals surface area (Å²) in [7, 11) is 3.78. The Kier molecular flexibility index (Phi) is 5.93. The van der Waals surface area contributed by atoms with Crippen LogP contribution in [0.4, 0.5) is 0 Å². The number of hydrogen-bond acceptors (Lipinski definition) is 5. The molecule has 1 aromatic carbocycles. The summed E-state index contributed by atoms with van der Waals surface area (Å²) in [6, 6.07) is 7.31. The van der Waals surface area contributed by atoms with E-state index in [1.54, 1.807) is 13.2 Å². The van der Waals surface area contributed by atoms with Crippen LogP contribution in [-0.4, -0.2) is 81.3 Å². The molecule has 0 spiro atoms. The molecule has 138 valence electrons. The highest BCUT2D eigenvalue weighted by Crippen LogP contribution is 2.29. The maximum Gasteiger partial charge on any atom is 0.251 e. The number of rotatable bonds is 5. The molecule has 25 heavy (non-hydrogen) atoms. The van der Waals surface area contributed by atoms with Crippen LogP contribution in [0, 0.1) is 0 Å². The van der Waals surface area contributed by atoms with E-state index in [1.807, 2.05) is 18.2 Å². The summed E-state index contributed by atoms with van der Waals surface area (Å²) < 4.78 is 10.7. The van der Waals surface area contributed by atoms with Crippen molar-refractivity contribution in [3.8, 4) is 5.75 Å². The topological polar surface area (TPSA) is 54.0 Å².